The van der Waals surface area contributed by atoms with Crippen molar-refractivity contribution in [2.75, 3.05) is 31.2 Å². The van der Waals surface area contributed by atoms with Crippen molar-refractivity contribution in [3.8, 4) is 11.5 Å². The normalized spacial score (nSPS) is 24.7. The summed E-state index contributed by atoms with van der Waals surface area (Å²) in [6, 6.07) is 4.58. The van der Waals surface area contributed by atoms with Gasteiger partial charge in [0.05, 0.1) is 45.3 Å². The third-order valence-electron chi connectivity index (χ3n) is 10.8. The standard InChI is InChI=1S/C35H26Br2Cl2F6N6O6/c1-48(28-17(38)6-8-20(46-28)34(40,41)42)50-30(53)13-5-4-12-14(23(13)32(50)55)10-16-24(22(12)15-11-19(57-3)27(52)26(37)25(15)36)33(56)51(31(16)54)49(2)29-18(39)7-9-21(47-29)35(43,44)45/h4,6-9,11,13-14,16,22-24,52H,5,10H2,1-3H3/t13-,14+,16+,22+,23-,24+/m0/s1. The van der Waals surface area contributed by atoms with Gasteiger partial charge < -0.3 is 9.84 Å². The summed E-state index contributed by atoms with van der Waals surface area (Å²) in [5.74, 6) is -11.5. The number of nitrogens with zero attached hydrogens (tertiary/aromatic N) is 6. The van der Waals surface area contributed by atoms with Crippen LogP contribution in [0.15, 0.2) is 50.9 Å². The topological polar surface area (TPSA) is 136 Å². The third-order valence-corrected chi connectivity index (χ3v) is 13.5. The van der Waals surface area contributed by atoms with Gasteiger partial charge in [-0.05, 0) is 86.5 Å². The number of amides is 4. The molecule has 0 bridgehead atoms. The Balaban J connectivity index is 1.34. The highest BCUT2D eigenvalue weighted by atomic mass is 79.9. The number of allylic oxidation sites excluding steroid dienone is 2. The van der Waals surface area contributed by atoms with E-state index < -0.39 is 94.5 Å². The van der Waals surface area contributed by atoms with Crippen LogP contribution in [-0.4, -0.2) is 69.9 Å². The first-order valence-corrected chi connectivity index (χ1v) is 19.1. The zero-order valence-corrected chi connectivity index (χ0v) is 34.0. The van der Waals surface area contributed by atoms with Gasteiger partial charge >= 0.3 is 12.4 Å². The van der Waals surface area contributed by atoms with Gasteiger partial charge in [-0.25, -0.2) is 9.97 Å². The second-order valence-electron chi connectivity index (χ2n) is 13.7. The van der Waals surface area contributed by atoms with E-state index in [1.165, 1.54) is 13.2 Å². The Bertz CT molecular complexity index is 2300. The number of pyridine rings is 2. The van der Waals surface area contributed by atoms with Crippen LogP contribution < -0.4 is 14.8 Å². The molecule has 2 aliphatic carbocycles. The number of aromatic nitrogens is 2. The number of carbonyl (C=O) groups excluding carboxylic acids is 4. The van der Waals surface area contributed by atoms with Crippen LogP contribution in [-0.2, 0) is 31.5 Å². The molecule has 4 aliphatic rings. The van der Waals surface area contributed by atoms with Gasteiger partial charge in [0.1, 0.15) is 11.4 Å². The molecule has 2 aromatic heterocycles. The Morgan fingerprint density at radius 2 is 1.26 bits per heavy atom. The Hall–Kier alpha value is -4.14. The summed E-state index contributed by atoms with van der Waals surface area (Å²) >= 11 is 19.3. The molecule has 3 fully saturated rings. The zero-order valence-electron chi connectivity index (χ0n) is 29.3. The Morgan fingerprint density at radius 1 is 0.772 bits per heavy atom. The number of benzene rings is 1. The van der Waals surface area contributed by atoms with Crippen molar-refractivity contribution in [3.63, 3.8) is 0 Å². The Morgan fingerprint density at radius 3 is 1.75 bits per heavy atom. The minimum Gasteiger partial charge on any atom is -0.503 e. The van der Waals surface area contributed by atoms with Crippen molar-refractivity contribution >= 4 is 90.3 Å². The monoisotopic (exact) mass is 968 g/mol. The van der Waals surface area contributed by atoms with Crippen LogP contribution >= 0.6 is 55.1 Å². The van der Waals surface area contributed by atoms with Crippen molar-refractivity contribution in [1.82, 2.24) is 20.0 Å². The van der Waals surface area contributed by atoms with E-state index in [-0.39, 0.29) is 43.3 Å². The number of methoxy groups -OCH3 is 1. The Labute approximate surface area is 345 Å². The first-order valence-electron chi connectivity index (χ1n) is 16.7. The summed E-state index contributed by atoms with van der Waals surface area (Å²) in [7, 11) is 3.59. The fraction of sp³-hybridized carbons (Fsp3) is 0.371. The molecule has 57 heavy (non-hydrogen) atoms. The van der Waals surface area contributed by atoms with Crippen molar-refractivity contribution in [3.05, 3.63) is 77.9 Å². The number of hydrogen-bond donors (Lipinski definition) is 1. The number of ether oxygens (including phenoxy) is 1. The average molecular weight is 971 g/mol. The highest BCUT2D eigenvalue weighted by molar-refractivity contribution is 9.13. The van der Waals surface area contributed by atoms with Crippen LogP contribution in [0, 0.1) is 29.6 Å². The number of halogens is 10. The number of phenols is 1. The molecule has 6 atom stereocenters. The number of anilines is 2. The van der Waals surface area contributed by atoms with Gasteiger partial charge in [-0.2, -0.15) is 36.4 Å². The molecule has 0 radical (unpaired) electrons. The average Bonchev–Trinajstić information content (AvgIpc) is 3.55. The number of carbonyl (C=O) groups is 4. The molecule has 0 spiro atoms. The summed E-state index contributed by atoms with van der Waals surface area (Å²) in [6.45, 7) is 0. The van der Waals surface area contributed by atoms with Crippen LogP contribution in [0.2, 0.25) is 10.0 Å². The number of fused-ring (bicyclic) bond motifs is 4. The van der Waals surface area contributed by atoms with Crippen LogP contribution in [0.1, 0.15) is 35.7 Å². The molecule has 0 unspecified atom stereocenters. The maximum atomic E-state index is 14.6. The predicted molar refractivity (Wildman–Crippen MR) is 197 cm³/mol. The molecular weight excluding hydrogens is 945 g/mol. The smallest absolute Gasteiger partial charge is 0.433 e. The molecule has 4 amide bonds. The van der Waals surface area contributed by atoms with E-state index in [1.54, 1.807) is 6.08 Å². The molecule has 22 heteroatoms. The molecule has 4 heterocycles. The van der Waals surface area contributed by atoms with E-state index >= 15 is 0 Å². The fourth-order valence-electron chi connectivity index (χ4n) is 8.31. The van der Waals surface area contributed by atoms with Crippen molar-refractivity contribution in [2.45, 2.75) is 31.1 Å². The van der Waals surface area contributed by atoms with E-state index in [4.69, 9.17) is 27.9 Å². The van der Waals surface area contributed by atoms with E-state index in [0.29, 0.717) is 33.3 Å². The summed E-state index contributed by atoms with van der Waals surface area (Å²) in [4.78, 5) is 64.7. The molecule has 2 aliphatic heterocycles. The number of hydrogen-bond acceptors (Lipinski definition) is 10. The fourth-order valence-corrected chi connectivity index (χ4v) is 9.74. The largest absolute Gasteiger partial charge is 0.503 e. The number of aromatic hydroxyl groups is 1. The molecule has 302 valence electrons. The van der Waals surface area contributed by atoms with Crippen LogP contribution in [0.25, 0.3) is 0 Å². The summed E-state index contributed by atoms with van der Waals surface area (Å²) in [6.07, 6.45) is -8.36. The quantitative estimate of drug-likeness (QED) is 0.148. The SMILES string of the molecule is COc1cc([C@H]2C3=CC[C@@H]4C(=O)N(N(C)c5nc(C(F)(F)F)ccc5Cl)C(=O)[C@@H]4[C@@H]3C[C@H]3C(=O)N(N(C)c4nc(C(F)(F)F)ccc4Cl)C(=O)[C@@H]23)c(Br)c(Br)c1O. The number of hydrazine groups is 2. The summed E-state index contributed by atoms with van der Waals surface area (Å²) in [5, 5.41) is 13.2. The third kappa shape index (κ3) is 6.50. The van der Waals surface area contributed by atoms with Crippen LogP contribution in [0.3, 0.4) is 0 Å². The first kappa shape index (κ1) is 41.0. The number of rotatable bonds is 6. The molecule has 2 saturated heterocycles. The van der Waals surface area contributed by atoms with Crippen molar-refractivity contribution < 1.29 is 55.4 Å². The number of alkyl halides is 6. The molecule has 12 nitrogen and oxygen atoms in total. The van der Waals surface area contributed by atoms with Gasteiger partial charge in [-0.15, -0.1) is 0 Å². The lowest BCUT2D eigenvalue weighted by Crippen LogP contribution is -2.46. The molecular formula is C35H26Br2Cl2F6N6O6. The second-order valence-corrected chi connectivity index (χ2v) is 16.1. The Kier molecular flexibility index (Phi) is 10.3. The van der Waals surface area contributed by atoms with Crippen LogP contribution in [0.4, 0.5) is 38.0 Å². The molecule has 1 saturated carbocycles. The highest BCUT2D eigenvalue weighted by Crippen LogP contribution is 2.60. The second kappa shape index (κ2) is 14.3. The molecule has 1 aromatic carbocycles. The first-order chi connectivity index (χ1) is 26.6. The lowest BCUT2D eigenvalue weighted by atomic mass is 9.57. The van der Waals surface area contributed by atoms with Crippen molar-refractivity contribution in [2.24, 2.45) is 29.6 Å². The van der Waals surface area contributed by atoms with E-state index in [0.717, 1.165) is 36.2 Å². The zero-order chi connectivity index (χ0) is 41.8. The lowest BCUT2D eigenvalue weighted by Gasteiger charge is -2.44. The van der Waals surface area contributed by atoms with E-state index in [9.17, 15) is 50.6 Å². The van der Waals surface area contributed by atoms with E-state index in [1.807, 2.05) is 0 Å². The molecule has 3 aromatic rings. The maximum Gasteiger partial charge on any atom is 0.433 e. The van der Waals surface area contributed by atoms with E-state index in [2.05, 4.69) is 41.8 Å². The van der Waals surface area contributed by atoms with Gasteiger partial charge in [0.15, 0.2) is 23.1 Å². The summed E-state index contributed by atoms with van der Waals surface area (Å²) in [5.41, 5.74) is -1.89. The van der Waals surface area contributed by atoms with Gasteiger partial charge in [-0.3, -0.25) is 29.2 Å². The lowest BCUT2D eigenvalue weighted by molar-refractivity contribution is -0.143. The number of phenolic OH excluding ortho intramolecular Hbond substituents is 1. The van der Waals surface area contributed by atoms with Gasteiger partial charge in [-0.1, -0.05) is 34.9 Å². The predicted octanol–water partition coefficient (Wildman–Crippen LogP) is 7.80. The summed E-state index contributed by atoms with van der Waals surface area (Å²) < 4.78 is 87.7. The number of imide groups is 2. The van der Waals surface area contributed by atoms with Crippen LogP contribution in [0.5, 0.6) is 11.5 Å². The minimum atomic E-state index is -4.90. The molecule has 7 rings (SSSR count). The molecule has 1 N–H and O–H groups in total. The van der Waals surface area contributed by atoms with Gasteiger partial charge in [0.2, 0.25) is 0 Å². The van der Waals surface area contributed by atoms with Gasteiger partial charge in [0, 0.05) is 24.5 Å². The van der Waals surface area contributed by atoms with Gasteiger partial charge in [0.25, 0.3) is 23.6 Å². The maximum absolute atomic E-state index is 14.6. The minimum absolute atomic E-state index is 0.0379. The highest BCUT2D eigenvalue weighted by Gasteiger charge is 2.63. The van der Waals surface area contributed by atoms with Crippen molar-refractivity contribution in [1.29, 1.82) is 0 Å².